The van der Waals surface area contributed by atoms with Crippen LogP contribution in [0.5, 0.6) is 0 Å². The summed E-state index contributed by atoms with van der Waals surface area (Å²) in [5, 5.41) is 11.5. The van der Waals surface area contributed by atoms with Gasteiger partial charge in [0.2, 0.25) is 0 Å². The zero-order valence-electron chi connectivity index (χ0n) is 11.8. The first-order chi connectivity index (χ1) is 9.38. The van der Waals surface area contributed by atoms with E-state index in [0.717, 1.165) is 12.5 Å². The van der Waals surface area contributed by atoms with Crippen LogP contribution >= 0.6 is 0 Å². The number of hydrogen-bond donors (Lipinski definition) is 2. The van der Waals surface area contributed by atoms with Crippen molar-refractivity contribution in [2.75, 3.05) is 11.9 Å². The molecule has 0 aliphatic carbocycles. The predicted molar refractivity (Wildman–Crippen MR) is 74.5 cm³/mol. The molecule has 0 bridgehead atoms. The molecule has 0 saturated heterocycles. The van der Waals surface area contributed by atoms with Gasteiger partial charge in [-0.25, -0.2) is 14.0 Å². The first-order valence-corrected chi connectivity index (χ1v) is 6.47. The Hall–Kier alpha value is -2.11. The van der Waals surface area contributed by atoms with Crippen molar-refractivity contribution in [3.05, 3.63) is 29.6 Å². The lowest BCUT2D eigenvalue weighted by molar-refractivity contribution is 0.0693. The lowest BCUT2D eigenvalue weighted by Gasteiger charge is -2.26. The van der Waals surface area contributed by atoms with Crippen LogP contribution in [0.4, 0.5) is 14.9 Å². The van der Waals surface area contributed by atoms with E-state index in [4.69, 9.17) is 5.11 Å². The highest BCUT2D eigenvalue weighted by Gasteiger charge is 2.21. The summed E-state index contributed by atoms with van der Waals surface area (Å²) in [6, 6.07) is 3.31. The number of nitrogens with zero attached hydrogens (tertiary/aromatic N) is 1. The number of rotatable bonds is 5. The molecule has 5 nitrogen and oxygen atoms in total. The van der Waals surface area contributed by atoms with Gasteiger partial charge in [-0.05, 0) is 32.4 Å². The van der Waals surface area contributed by atoms with Crippen molar-refractivity contribution in [3.63, 3.8) is 0 Å². The molecule has 0 saturated carbocycles. The molecule has 1 rings (SSSR count). The largest absolute Gasteiger partial charge is 0.478 e. The van der Waals surface area contributed by atoms with E-state index in [2.05, 4.69) is 5.32 Å². The van der Waals surface area contributed by atoms with Gasteiger partial charge in [0, 0.05) is 12.6 Å². The van der Waals surface area contributed by atoms with Crippen LogP contribution in [-0.2, 0) is 0 Å². The molecule has 0 atom stereocenters. The zero-order chi connectivity index (χ0) is 15.3. The number of hydrogen-bond acceptors (Lipinski definition) is 2. The Bertz CT molecular complexity index is 503. The molecule has 0 radical (unpaired) electrons. The van der Waals surface area contributed by atoms with Crippen molar-refractivity contribution in [3.8, 4) is 0 Å². The fraction of sp³-hybridized carbons (Fsp3) is 0.429. The van der Waals surface area contributed by atoms with E-state index >= 15 is 0 Å². The van der Waals surface area contributed by atoms with Gasteiger partial charge >= 0.3 is 12.0 Å². The molecule has 2 N–H and O–H groups in total. The molecule has 0 aliphatic rings. The molecule has 0 heterocycles. The van der Waals surface area contributed by atoms with Crippen molar-refractivity contribution < 1.29 is 19.1 Å². The summed E-state index contributed by atoms with van der Waals surface area (Å²) >= 11 is 0. The number of amides is 2. The number of nitrogens with one attached hydrogen (secondary N) is 1. The van der Waals surface area contributed by atoms with Gasteiger partial charge in [0.05, 0.1) is 5.69 Å². The van der Waals surface area contributed by atoms with Gasteiger partial charge in [-0.15, -0.1) is 0 Å². The Kier molecular flexibility index (Phi) is 5.49. The molecule has 110 valence electrons. The third-order valence-corrected chi connectivity index (χ3v) is 2.82. The maximum absolute atomic E-state index is 13.5. The number of halogens is 1. The average molecular weight is 282 g/mol. The Morgan fingerprint density at radius 3 is 2.55 bits per heavy atom. The molecular weight excluding hydrogens is 263 g/mol. The SMILES string of the molecule is CCCN(C(=O)Nc1cccc(F)c1C(=O)O)C(C)C. The molecular formula is C14H19FN2O3. The fourth-order valence-electron chi connectivity index (χ4n) is 1.87. The summed E-state index contributed by atoms with van der Waals surface area (Å²) in [7, 11) is 0. The summed E-state index contributed by atoms with van der Waals surface area (Å²) < 4.78 is 13.5. The van der Waals surface area contributed by atoms with Crippen LogP contribution in [0.1, 0.15) is 37.6 Å². The lowest BCUT2D eigenvalue weighted by atomic mass is 10.1. The monoisotopic (exact) mass is 282 g/mol. The standard InChI is InChI=1S/C14H19FN2O3/c1-4-8-17(9(2)3)14(20)16-11-7-5-6-10(15)12(11)13(18)19/h5-7,9H,4,8H2,1-3H3,(H,16,20)(H,18,19). The Labute approximate surface area is 117 Å². The molecule has 6 heteroatoms. The molecule has 0 aliphatic heterocycles. The van der Waals surface area contributed by atoms with Crippen LogP contribution in [0, 0.1) is 5.82 Å². The number of urea groups is 1. The normalized spacial score (nSPS) is 10.4. The minimum atomic E-state index is -1.41. The van der Waals surface area contributed by atoms with Crippen LogP contribution in [-0.4, -0.2) is 34.6 Å². The van der Waals surface area contributed by atoms with Crippen LogP contribution in [0.2, 0.25) is 0 Å². The van der Waals surface area contributed by atoms with Crippen LogP contribution in [0.3, 0.4) is 0 Å². The Morgan fingerprint density at radius 2 is 2.05 bits per heavy atom. The molecule has 0 spiro atoms. The zero-order valence-corrected chi connectivity index (χ0v) is 11.8. The van der Waals surface area contributed by atoms with Gasteiger partial charge in [0.25, 0.3) is 0 Å². The second-order valence-corrected chi connectivity index (χ2v) is 4.68. The highest BCUT2D eigenvalue weighted by molar-refractivity contribution is 6.00. The number of carboxylic acid groups (broad SMARTS) is 1. The summed E-state index contributed by atoms with van der Waals surface area (Å²) in [6.07, 6.45) is 0.778. The summed E-state index contributed by atoms with van der Waals surface area (Å²) in [5.41, 5.74) is -0.565. The summed E-state index contributed by atoms with van der Waals surface area (Å²) in [5.74, 6) is -2.29. The van der Waals surface area contributed by atoms with E-state index in [-0.39, 0.29) is 11.7 Å². The van der Waals surface area contributed by atoms with Gasteiger partial charge in [0.15, 0.2) is 0 Å². The number of anilines is 1. The van der Waals surface area contributed by atoms with Crippen molar-refractivity contribution in [2.45, 2.75) is 33.2 Å². The van der Waals surface area contributed by atoms with Crippen LogP contribution in [0.15, 0.2) is 18.2 Å². The van der Waals surface area contributed by atoms with Gasteiger partial charge < -0.3 is 15.3 Å². The maximum Gasteiger partial charge on any atom is 0.340 e. The van der Waals surface area contributed by atoms with Crippen molar-refractivity contribution in [1.82, 2.24) is 4.90 Å². The minimum Gasteiger partial charge on any atom is -0.478 e. The fourth-order valence-corrected chi connectivity index (χ4v) is 1.87. The average Bonchev–Trinajstić information content (AvgIpc) is 2.34. The highest BCUT2D eigenvalue weighted by Crippen LogP contribution is 2.19. The van der Waals surface area contributed by atoms with E-state index in [0.29, 0.717) is 6.54 Å². The quantitative estimate of drug-likeness (QED) is 0.871. The van der Waals surface area contributed by atoms with Crippen LogP contribution in [0.25, 0.3) is 0 Å². The van der Waals surface area contributed by atoms with Crippen molar-refractivity contribution in [1.29, 1.82) is 0 Å². The summed E-state index contributed by atoms with van der Waals surface area (Å²) in [4.78, 5) is 24.7. The van der Waals surface area contributed by atoms with Gasteiger partial charge in [-0.3, -0.25) is 0 Å². The molecule has 20 heavy (non-hydrogen) atoms. The molecule has 2 amide bonds. The molecule has 1 aromatic carbocycles. The molecule has 0 aromatic heterocycles. The number of aromatic carboxylic acids is 1. The van der Waals surface area contributed by atoms with E-state index in [1.807, 2.05) is 20.8 Å². The predicted octanol–water partition coefficient (Wildman–Crippen LogP) is 3.18. The van der Waals surface area contributed by atoms with Crippen molar-refractivity contribution >= 4 is 17.7 Å². The molecule has 1 aromatic rings. The number of carbonyl (C=O) groups excluding carboxylic acids is 1. The van der Waals surface area contributed by atoms with Gasteiger partial charge in [-0.1, -0.05) is 13.0 Å². The second-order valence-electron chi connectivity index (χ2n) is 4.68. The van der Waals surface area contributed by atoms with Gasteiger partial charge in [0.1, 0.15) is 11.4 Å². The maximum atomic E-state index is 13.5. The first kappa shape index (κ1) is 15.9. The van der Waals surface area contributed by atoms with E-state index in [1.165, 1.54) is 12.1 Å². The second kappa shape index (κ2) is 6.88. The third-order valence-electron chi connectivity index (χ3n) is 2.82. The number of carboxylic acids is 1. The Morgan fingerprint density at radius 1 is 1.40 bits per heavy atom. The van der Waals surface area contributed by atoms with Crippen molar-refractivity contribution in [2.24, 2.45) is 0 Å². The van der Waals surface area contributed by atoms with E-state index in [9.17, 15) is 14.0 Å². The first-order valence-electron chi connectivity index (χ1n) is 6.47. The number of benzene rings is 1. The lowest BCUT2D eigenvalue weighted by Crippen LogP contribution is -2.40. The minimum absolute atomic E-state index is 0.0308. The Balaban J connectivity index is 3.01. The molecule has 0 unspecified atom stereocenters. The third kappa shape index (κ3) is 3.69. The highest BCUT2D eigenvalue weighted by atomic mass is 19.1. The summed E-state index contributed by atoms with van der Waals surface area (Å²) in [6.45, 7) is 6.20. The van der Waals surface area contributed by atoms with Crippen LogP contribution < -0.4 is 5.32 Å². The molecule has 0 fully saturated rings. The topological polar surface area (TPSA) is 69.6 Å². The smallest absolute Gasteiger partial charge is 0.340 e. The van der Waals surface area contributed by atoms with Gasteiger partial charge in [-0.2, -0.15) is 0 Å². The van der Waals surface area contributed by atoms with E-state index < -0.39 is 23.4 Å². The number of carbonyl (C=O) groups is 2. The van der Waals surface area contributed by atoms with E-state index in [1.54, 1.807) is 4.90 Å².